The zero-order chi connectivity index (χ0) is 12.3. The Bertz CT molecular complexity index is 452. The zero-order valence-electron chi connectivity index (χ0n) is 7.60. The van der Waals surface area contributed by atoms with Crippen LogP contribution in [-0.4, -0.2) is 17.6 Å². The van der Waals surface area contributed by atoms with E-state index in [0.717, 1.165) is 0 Å². The Balaban J connectivity index is 3.29. The molecule has 88 valence electrons. The summed E-state index contributed by atoms with van der Waals surface area (Å²) in [4.78, 5) is 23.2. The number of aromatic nitrogens is 1. The van der Waals surface area contributed by atoms with E-state index in [1.165, 1.54) is 0 Å². The van der Waals surface area contributed by atoms with Crippen LogP contribution in [0.4, 0.5) is 17.6 Å². The van der Waals surface area contributed by atoms with Crippen molar-refractivity contribution in [1.29, 1.82) is 0 Å². The number of hydrogen-bond donors (Lipinski definition) is 1. The first kappa shape index (κ1) is 12.2. The zero-order valence-corrected chi connectivity index (χ0v) is 7.60. The second-order valence-corrected chi connectivity index (χ2v) is 2.70. The SMILES string of the molecule is O=Cc1cc(OC(F)(F)F)c(CF)c(=O)[nH]1. The first-order valence-electron chi connectivity index (χ1n) is 3.90. The van der Waals surface area contributed by atoms with E-state index in [1.807, 2.05) is 4.98 Å². The van der Waals surface area contributed by atoms with Gasteiger partial charge in [0.2, 0.25) is 0 Å². The Morgan fingerprint density at radius 1 is 1.44 bits per heavy atom. The van der Waals surface area contributed by atoms with Gasteiger partial charge in [0.15, 0.2) is 6.29 Å². The maximum Gasteiger partial charge on any atom is 0.573 e. The number of halogens is 4. The lowest BCUT2D eigenvalue weighted by Gasteiger charge is -2.11. The molecule has 0 aliphatic heterocycles. The molecule has 1 rings (SSSR count). The Kier molecular flexibility index (Phi) is 3.31. The number of aldehydes is 1. The molecule has 0 atom stereocenters. The number of rotatable bonds is 3. The van der Waals surface area contributed by atoms with Crippen LogP contribution in [0.1, 0.15) is 16.1 Å². The van der Waals surface area contributed by atoms with Crippen LogP contribution in [0.5, 0.6) is 5.75 Å². The average Bonchev–Trinajstić information content (AvgIpc) is 2.14. The lowest BCUT2D eigenvalue weighted by atomic mass is 10.2. The highest BCUT2D eigenvalue weighted by atomic mass is 19.4. The predicted octanol–water partition coefficient (Wildman–Crippen LogP) is 1.56. The summed E-state index contributed by atoms with van der Waals surface area (Å²) in [7, 11) is 0. The number of carbonyl (C=O) groups excluding carboxylic acids is 1. The minimum absolute atomic E-state index is 0.118. The van der Waals surface area contributed by atoms with E-state index in [0.29, 0.717) is 6.07 Å². The maximum atomic E-state index is 12.3. The smallest absolute Gasteiger partial charge is 0.405 e. The maximum absolute atomic E-state index is 12.3. The third kappa shape index (κ3) is 2.81. The summed E-state index contributed by atoms with van der Waals surface area (Å²) >= 11 is 0. The minimum atomic E-state index is -5.06. The number of carbonyl (C=O) groups is 1. The molecule has 0 amide bonds. The van der Waals surface area contributed by atoms with Gasteiger partial charge in [0.05, 0.1) is 11.3 Å². The van der Waals surface area contributed by atoms with Crippen LogP contribution in [0, 0.1) is 0 Å². The summed E-state index contributed by atoms with van der Waals surface area (Å²) in [5.41, 5.74) is -2.38. The van der Waals surface area contributed by atoms with Crippen LogP contribution < -0.4 is 10.3 Å². The molecule has 0 aromatic carbocycles. The van der Waals surface area contributed by atoms with Gasteiger partial charge < -0.3 is 9.72 Å². The standard InChI is InChI=1S/C8H5F4NO3/c9-2-5-6(16-8(10,11)12)1-4(3-14)13-7(5)15/h1,3H,2H2,(H,13,15). The number of H-pyrrole nitrogens is 1. The van der Waals surface area contributed by atoms with Crippen molar-refractivity contribution in [2.75, 3.05) is 0 Å². The molecule has 8 heteroatoms. The van der Waals surface area contributed by atoms with Crippen molar-refractivity contribution in [3.63, 3.8) is 0 Å². The molecule has 0 fully saturated rings. The van der Waals surface area contributed by atoms with Crippen molar-refractivity contribution in [3.05, 3.63) is 27.7 Å². The third-order valence-electron chi connectivity index (χ3n) is 1.60. The summed E-state index contributed by atoms with van der Waals surface area (Å²) in [5.74, 6) is -1.01. The number of alkyl halides is 4. The second-order valence-electron chi connectivity index (χ2n) is 2.70. The molecule has 0 aliphatic carbocycles. The van der Waals surface area contributed by atoms with Crippen molar-refractivity contribution in [2.24, 2.45) is 0 Å². The molecule has 0 radical (unpaired) electrons. The largest absolute Gasteiger partial charge is 0.573 e. The van der Waals surface area contributed by atoms with Gasteiger partial charge in [-0.15, -0.1) is 13.2 Å². The van der Waals surface area contributed by atoms with E-state index in [1.54, 1.807) is 0 Å². The normalized spacial score (nSPS) is 11.2. The van der Waals surface area contributed by atoms with Gasteiger partial charge in [-0.1, -0.05) is 0 Å². The second kappa shape index (κ2) is 4.33. The van der Waals surface area contributed by atoms with Gasteiger partial charge in [-0.2, -0.15) is 0 Å². The van der Waals surface area contributed by atoms with Gasteiger partial charge in [0.1, 0.15) is 12.4 Å². The number of pyridine rings is 1. The highest BCUT2D eigenvalue weighted by molar-refractivity contribution is 5.72. The van der Waals surface area contributed by atoms with Crippen LogP contribution in [0.2, 0.25) is 0 Å². The Hall–Kier alpha value is -1.86. The quantitative estimate of drug-likeness (QED) is 0.643. The summed E-state index contributed by atoms with van der Waals surface area (Å²) < 4.78 is 51.4. The van der Waals surface area contributed by atoms with E-state index in [9.17, 15) is 27.2 Å². The molecule has 1 heterocycles. The van der Waals surface area contributed by atoms with Gasteiger partial charge in [-0.25, -0.2) is 4.39 Å². The average molecular weight is 239 g/mol. The van der Waals surface area contributed by atoms with Crippen LogP contribution >= 0.6 is 0 Å². The molecule has 0 unspecified atom stereocenters. The number of nitrogens with one attached hydrogen (secondary N) is 1. The summed E-state index contributed by atoms with van der Waals surface area (Å²) in [6.07, 6.45) is -4.94. The van der Waals surface area contributed by atoms with Gasteiger partial charge in [0.25, 0.3) is 5.56 Å². The number of hydrogen-bond acceptors (Lipinski definition) is 3. The fourth-order valence-electron chi connectivity index (χ4n) is 0.989. The van der Waals surface area contributed by atoms with Crippen molar-refractivity contribution in [3.8, 4) is 5.75 Å². The van der Waals surface area contributed by atoms with Gasteiger partial charge in [-0.3, -0.25) is 9.59 Å². The van der Waals surface area contributed by atoms with E-state index in [4.69, 9.17) is 0 Å². The third-order valence-corrected chi connectivity index (χ3v) is 1.60. The molecular weight excluding hydrogens is 234 g/mol. The predicted molar refractivity (Wildman–Crippen MR) is 43.9 cm³/mol. The molecule has 1 aromatic heterocycles. The fourth-order valence-corrected chi connectivity index (χ4v) is 0.989. The highest BCUT2D eigenvalue weighted by Gasteiger charge is 2.32. The van der Waals surface area contributed by atoms with Crippen molar-refractivity contribution >= 4 is 6.29 Å². The molecule has 0 saturated carbocycles. The first-order valence-corrected chi connectivity index (χ1v) is 3.90. The molecule has 0 spiro atoms. The van der Waals surface area contributed by atoms with Crippen LogP contribution in [-0.2, 0) is 6.67 Å². The van der Waals surface area contributed by atoms with Gasteiger partial charge >= 0.3 is 6.36 Å². The molecular formula is C8H5F4NO3. The Labute approximate surface area is 85.8 Å². The van der Waals surface area contributed by atoms with Crippen LogP contribution in [0.15, 0.2) is 10.9 Å². The summed E-state index contributed by atoms with van der Waals surface area (Å²) in [6.45, 7) is -1.43. The number of aromatic amines is 1. The van der Waals surface area contributed by atoms with Crippen molar-refractivity contribution in [1.82, 2.24) is 4.98 Å². The highest BCUT2D eigenvalue weighted by Crippen LogP contribution is 2.25. The Morgan fingerprint density at radius 2 is 2.06 bits per heavy atom. The van der Waals surface area contributed by atoms with E-state index >= 15 is 0 Å². The van der Waals surface area contributed by atoms with Crippen LogP contribution in [0.25, 0.3) is 0 Å². The van der Waals surface area contributed by atoms with Gasteiger partial charge in [-0.05, 0) is 0 Å². The lowest BCUT2D eigenvalue weighted by Crippen LogP contribution is -2.22. The minimum Gasteiger partial charge on any atom is -0.405 e. The molecule has 1 aromatic rings. The fraction of sp³-hybridized carbons (Fsp3) is 0.250. The summed E-state index contributed by atoms with van der Waals surface area (Å²) in [6, 6.07) is 0.608. The molecule has 4 nitrogen and oxygen atoms in total. The topological polar surface area (TPSA) is 59.2 Å². The first-order chi connectivity index (χ1) is 7.37. The lowest BCUT2D eigenvalue weighted by molar-refractivity contribution is -0.275. The van der Waals surface area contributed by atoms with Gasteiger partial charge in [0, 0.05) is 6.07 Å². The van der Waals surface area contributed by atoms with E-state index in [2.05, 4.69) is 4.74 Å². The molecule has 16 heavy (non-hydrogen) atoms. The molecule has 0 saturated heterocycles. The van der Waals surface area contributed by atoms with Crippen molar-refractivity contribution < 1.29 is 27.1 Å². The molecule has 0 aliphatic rings. The Morgan fingerprint density at radius 3 is 2.50 bits per heavy atom. The van der Waals surface area contributed by atoms with Crippen LogP contribution in [0.3, 0.4) is 0 Å². The summed E-state index contributed by atoms with van der Waals surface area (Å²) in [5, 5.41) is 0. The van der Waals surface area contributed by atoms with E-state index < -0.39 is 35.6 Å². The molecule has 1 N–H and O–H groups in total. The molecule has 0 bridgehead atoms. The monoisotopic (exact) mass is 239 g/mol. The van der Waals surface area contributed by atoms with Crippen molar-refractivity contribution in [2.45, 2.75) is 13.0 Å². The number of ether oxygens (including phenoxy) is 1. The van der Waals surface area contributed by atoms with E-state index in [-0.39, 0.29) is 6.29 Å².